The van der Waals surface area contributed by atoms with Crippen molar-refractivity contribution >= 4 is 46.2 Å². The molecule has 3 N–H and O–H groups in total. The molecule has 0 bridgehead atoms. The van der Waals surface area contributed by atoms with Gasteiger partial charge < -0.3 is 25.5 Å². The number of allylic oxidation sites excluding steroid dienone is 1. The lowest BCUT2D eigenvalue weighted by Crippen LogP contribution is -2.29. The van der Waals surface area contributed by atoms with Gasteiger partial charge >= 0.3 is 0 Å². The molecule has 0 aromatic heterocycles. The summed E-state index contributed by atoms with van der Waals surface area (Å²) in [5.41, 5.74) is 5.81. The predicted molar refractivity (Wildman–Crippen MR) is 171 cm³/mol. The van der Waals surface area contributed by atoms with Gasteiger partial charge in [-0.05, 0) is 86.3 Å². The number of aliphatic hydroxyl groups excluding tert-OH is 1. The lowest BCUT2D eigenvalue weighted by molar-refractivity contribution is -0.112. The number of carbonyl (C=O) groups excluding carboxylic acids is 3. The number of rotatable bonds is 8. The molecule has 1 fully saturated rings. The van der Waals surface area contributed by atoms with E-state index >= 15 is 0 Å². The molecule has 3 aromatic carbocycles. The first kappa shape index (κ1) is 29.7. The maximum Gasteiger partial charge on any atom is 0.255 e. The third-order valence-corrected chi connectivity index (χ3v) is 7.86. The van der Waals surface area contributed by atoms with Gasteiger partial charge in [0, 0.05) is 66.9 Å². The fourth-order valence-electron chi connectivity index (χ4n) is 5.31. The minimum atomic E-state index is -0.200. The molecule has 3 aromatic rings. The van der Waals surface area contributed by atoms with Crippen molar-refractivity contribution in [3.63, 3.8) is 0 Å². The van der Waals surface area contributed by atoms with Gasteiger partial charge in [0.2, 0.25) is 5.78 Å². The monoisotopic (exact) mass is 579 g/mol. The largest absolute Gasteiger partial charge is 0.395 e. The van der Waals surface area contributed by atoms with E-state index in [1.807, 2.05) is 49.4 Å². The van der Waals surface area contributed by atoms with Gasteiger partial charge in [-0.3, -0.25) is 14.4 Å². The maximum atomic E-state index is 13.1. The van der Waals surface area contributed by atoms with Crippen molar-refractivity contribution in [2.45, 2.75) is 32.6 Å². The predicted octanol–water partition coefficient (Wildman–Crippen LogP) is 5.13. The number of likely N-dealkylation sites (N-methyl/N-ethyl adjacent to an activating group) is 1. The van der Waals surface area contributed by atoms with E-state index in [0.717, 1.165) is 29.9 Å². The van der Waals surface area contributed by atoms with Crippen molar-refractivity contribution in [3.8, 4) is 0 Å². The zero-order valence-corrected chi connectivity index (χ0v) is 24.6. The summed E-state index contributed by atoms with van der Waals surface area (Å²) in [5, 5.41) is 15.2. The van der Waals surface area contributed by atoms with E-state index in [2.05, 4.69) is 20.5 Å². The SMILES string of the molecule is Cc1c(NC(=O)c2ccc(N3CCCCC3)cc2)cccc1C1=CCC(=O)C(Nc2ccc(C(=O)N(C)CCO)cc2)=N1. The number of ketones is 1. The zero-order chi connectivity index (χ0) is 30.3. The second-order valence-electron chi connectivity index (χ2n) is 10.9. The fourth-order valence-corrected chi connectivity index (χ4v) is 5.31. The molecular formula is C34H37N5O4. The van der Waals surface area contributed by atoms with E-state index in [-0.39, 0.29) is 43.0 Å². The van der Waals surface area contributed by atoms with E-state index in [9.17, 15) is 14.4 Å². The smallest absolute Gasteiger partial charge is 0.255 e. The standard InChI is InChI=1S/C34H37N5O4/c1-23-28(7-6-8-29(23)37-33(42)24-11-15-27(16-12-24)39-19-4-3-5-20-39)30-17-18-31(41)32(36-30)35-26-13-9-25(10-14-26)34(43)38(2)21-22-40/h6-17,40H,3-5,18-22H2,1-2H3,(H,35,36)(H,37,42). The molecule has 222 valence electrons. The van der Waals surface area contributed by atoms with E-state index in [1.165, 1.54) is 24.2 Å². The van der Waals surface area contributed by atoms with Crippen LogP contribution in [0.25, 0.3) is 5.70 Å². The number of Topliss-reactive ketones (excluding diaryl/α,β-unsaturated/α-hetero) is 1. The summed E-state index contributed by atoms with van der Waals surface area (Å²) in [7, 11) is 1.63. The van der Waals surface area contributed by atoms with Gasteiger partial charge in [-0.2, -0.15) is 0 Å². The summed E-state index contributed by atoms with van der Waals surface area (Å²) in [6, 6.07) is 20.2. The molecule has 0 unspecified atom stereocenters. The summed E-state index contributed by atoms with van der Waals surface area (Å²) in [6.45, 7) is 4.16. The van der Waals surface area contributed by atoms with Crippen LogP contribution >= 0.6 is 0 Å². The van der Waals surface area contributed by atoms with E-state index < -0.39 is 0 Å². The van der Waals surface area contributed by atoms with Crippen LogP contribution in [0.2, 0.25) is 0 Å². The molecule has 0 spiro atoms. The molecule has 0 aliphatic carbocycles. The molecule has 1 saturated heterocycles. The number of carbonyl (C=O) groups is 3. The van der Waals surface area contributed by atoms with Gasteiger partial charge in [0.05, 0.1) is 12.3 Å². The number of hydrogen-bond acceptors (Lipinski definition) is 7. The second-order valence-corrected chi connectivity index (χ2v) is 10.9. The fraction of sp³-hybridized carbons (Fsp3) is 0.294. The number of piperidine rings is 1. The van der Waals surface area contributed by atoms with E-state index in [1.54, 1.807) is 37.4 Å². The van der Waals surface area contributed by atoms with Crippen LogP contribution in [-0.2, 0) is 4.79 Å². The molecule has 2 heterocycles. The number of anilines is 3. The molecule has 2 aliphatic heterocycles. The van der Waals surface area contributed by atoms with Crippen LogP contribution in [0.4, 0.5) is 17.1 Å². The van der Waals surface area contributed by atoms with Gasteiger partial charge in [-0.25, -0.2) is 4.99 Å². The Balaban J connectivity index is 1.28. The van der Waals surface area contributed by atoms with Crippen molar-refractivity contribution in [2.24, 2.45) is 4.99 Å². The number of amidine groups is 1. The lowest BCUT2D eigenvalue weighted by Gasteiger charge is -2.28. The number of nitrogens with one attached hydrogen (secondary N) is 2. The Morgan fingerprint density at radius 3 is 2.35 bits per heavy atom. The van der Waals surface area contributed by atoms with Crippen LogP contribution in [0.5, 0.6) is 0 Å². The van der Waals surface area contributed by atoms with Crippen molar-refractivity contribution in [1.82, 2.24) is 4.90 Å². The van der Waals surface area contributed by atoms with Crippen LogP contribution < -0.4 is 15.5 Å². The summed E-state index contributed by atoms with van der Waals surface area (Å²) >= 11 is 0. The highest BCUT2D eigenvalue weighted by Gasteiger charge is 2.20. The molecule has 2 aliphatic rings. The lowest BCUT2D eigenvalue weighted by atomic mass is 10.0. The van der Waals surface area contributed by atoms with E-state index in [0.29, 0.717) is 28.2 Å². The van der Waals surface area contributed by atoms with Crippen LogP contribution in [0.3, 0.4) is 0 Å². The van der Waals surface area contributed by atoms with Crippen molar-refractivity contribution in [1.29, 1.82) is 0 Å². The normalized spacial score (nSPS) is 15.0. The van der Waals surface area contributed by atoms with Gasteiger partial charge in [-0.15, -0.1) is 0 Å². The number of hydrogen-bond donors (Lipinski definition) is 3. The van der Waals surface area contributed by atoms with Gasteiger partial charge in [-0.1, -0.05) is 18.2 Å². The average molecular weight is 580 g/mol. The Bertz CT molecular complexity index is 1550. The first-order valence-corrected chi connectivity index (χ1v) is 14.7. The van der Waals surface area contributed by atoms with Gasteiger partial charge in [0.1, 0.15) is 0 Å². The van der Waals surface area contributed by atoms with Crippen molar-refractivity contribution in [3.05, 3.63) is 95.1 Å². The molecule has 2 amide bonds. The number of amides is 2. The molecule has 0 radical (unpaired) electrons. The topological polar surface area (TPSA) is 114 Å². The van der Waals surface area contributed by atoms with Crippen molar-refractivity contribution < 1.29 is 19.5 Å². The Hall–Kier alpha value is -4.76. The first-order chi connectivity index (χ1) is 20.8. The summed E-state index contributed by atoms with van der Waals surface area (Å²) in [6.07, 6.45) is 5.64. The van der Waals surface area contributed by atoms with Crippen LogP contribution in [-0.4, -0.2) is 66.7 Å². The third kappa shape index (κ3) is 7.01. The highest BCUT2D eigenvalue weighted by Crippen LogP contribution is 2.29. The maximum absolute atomic E-state index is 13.1. The molecule has 0 saturated carbocycles. The Morgan fingerprint density at radius 2 is 1.65 bits per heavy atom. The van der Waals surface area contributed by atoms with E-state index in [4.69, 9.17) is 5.11 Å². The molecule has 9 nitrogen and oxygen atoms in total. The van der Waals surface area contributed by atoms with Crippen LogP contribution in [0.15, 0.2) is 77.8 Å². The minimum Gasteiger partial charge on any atom is -0.395 e. The number of aliphatic imine (C=N–C) groups is 1. The molecule has 9 heteroatoms. The Morgan fingerprint density at radius 1 is 0.953 bits per heavy atom. The number of benzene rings is 3. The Labute approximate surface area is 251 Å². The second kappa shape index (κ2) is 13.5. The highest BCUT2D eigenvalue weighted by molar-refractivity contribution is 6.45. The van der Waals surface area contributed by atoms with Gasteiger partial charge in [0.25, 0.3) is 11.8 Å². The number of nitrogens with zero attached hydrogens (tertiary/aromatic N) is 3. The first-order valence-electron chi connectivity index (χ1n) is 14.7. The molecule has 0 atom stereocenters. The number of aliphatic hydroxyl groups is 1. The van der Waals surface area contributed by atoms with Crippen LogP contribution in [0.1, 0.15) is 57.5 Å². The molecule has 43 heavy (non-hydrogen) atoms. The summed E-state index contributed by atoms with van der Waals surface area (Å²) < 4.78 is 0. The zero-order valence-electron chi connectivity index (χ0n) is 24.6. The third-order valence-electron chi connectivity index (χ3n) is 7.86. The molecular weight excluding hydrogens is 542 g/mol. The minimum absolute atomic E-state index is 0.110. The molecule has 5 rings (SSSR count). The quantitative estimate of drug-likeness (QED) is 0.341. The highest BCUT2D eigenvalue weighted by atomic mass is 16.3. The summed E-state index contributed by atoms with van der Waals surface area (Å²) in [5.74, 6) is -0.333. The van der Waals surface area contributed by atoms with Gasteiger partial charge in [0.15, 0.2) is 5.84 Å². The summed E-state index contributed by atoms with van der Waals surface area (Å²) in [4.78, 5) is 46.7. The average Bonchev–Trinajstić information content (AvgIpc) is 3.04. The Kier molecular flexibility index (Phi) is 9.32. The van der Waals surface area contributed by atoms with Crippen LogP contribution in [0, 0.1) is 6.92 Å². The van der Waals surface area contributed by atoms with Crippen molar-refractivity contribution in [2.75, 3.05) is 48.8 Å².